The molecule has 2 saturated heterocycles. The summed E-state index contributed by atoms with van der Waals surface area (Å²) in [5, 5.41) is 8.16. The summed E-state index contributed by atoms with van der Waals surface area (Å²) >= 11 is 0. The van der Waals surface area contributed by atoms with E-state index < -0.39 is 11.7 Å². The maximum absolute atomic E-state index is 11.3. The average Bonchev–Trinajstić information content (AvgIpc) is 2.09. The van der Waals surface area contributed by atoms with Crippen LogP contribution < -0.4 is 0 Å². The second kappa shape index (κ2) is 6.51. The number of rotatable bonds is 0. The molecule has 6 heteroatoms. The summed E-state index contributed by atoms with van der Waals surface area (Å²) in [6, 6.07) is 0. The Morgan fingerprint density at radius 3 is 2.05 bits per heavy atom. The zero-order valence-electron chi connectivity index (χ0n) is 12.3. The predicted molar refractivity (Wildman–Crippen MR) is 74.3 cm³/mol. The quantitative estimate of drug-likeness (QED) is 0.688. The van der Waals surface area contributed by atoms with E-state index in [2.05, 4.69) is 5.92 Å². The molecule has 0 aromatic rings. The first-order valence-electron chi connectivity index (χ1n) is 6.65. The highest BCUT2D eigenvalue weighted by Gasteiger charge is 2.32. The number of carbonyl (C=O) groups excluding carboxylic acids is 1. The van der Waals surface area contributed by atoms with Gasteiger partial charge >= 0.3 is 12.2 Å². The number of likely N-dealkylation sites (tertiary alicyclic amines) is 2. The highest BCUT2D eigenvalue weighted by atomic mass is 16.6. The first-order chi connectivity index (χ1) is 9.23. The maximum Gasteiger partial charge on any atom is 0.410 e. The number of hydrogen-bond acceptors (Lipinski definition) is 3. The lowest BCUT2D eigenvalue weighted by Gasteiger charge is -2.37. The van der Waals surface area contributed by atoms with Gasteiger partial charge in [0.25, 0.3) is 0 Å². The van der Waals surface area contributed by atoms with Crippen molar-refractivity contribution in [3.63, 3.8) is 0 Å². The van der Waals surface area contributed by atoms with Gasteiger partial charge in [-0.2, -0.15) is 0 Å². The van der Waals surface area contributed by atoms with Crippen LogP contribution in [-0.4, -0.2) is 58.9 Å². The van der Waals surface area contributed by atoms with Crippen molar-refractivity contribution in [3.05, 3.63) is 0 Å². The number of ether oxygens (including phenoxy) is 1. The molecule has 2 fully saturated rings. The molecule has 2 heterocycles. The number of terminal acetylenes is 1. The van der Waals surface area contributed by atoms with E-state index in [-0.39, 0.29) is 12.0 Å². The van der Waals surface area contributed by atoms with Gasteiger partial charge in [-0.05, 0) is 27.2 Å². The van der Waals surface area contributed by atoms with E-state index in [1.807, 2.05) is 20.8 Å². The van der Waals surface area contributed by atoms with Gasteiger partial charge in [-0.3, -0.25) is 0 Å². The van der Waals surface area contributed by atoms with Crippen molar-refractivity contribution in [1.29, 1.82) is 0 Å². The molecule has 20 heavy (non-hydrogen) atoms. The number of carboxylic acid groups (broad SMARTS) is 1. The van der Waals surface area contributed by atoms with Gasteiger partial charge in [0.1, 0.15) is 5.60 Å². The van der Waals surface area contributed by atoms with Crippen LogP contribution in [0.15, 0.2) is 0 Å². The van der Waals surface area contributed by atoms with E-state index in [0.717, 1.165) is 19.5 Å². The fraction of sp³-hybridized carbons (Fsp3) is 0.714. The molecular weight excluding hydrogens is 260 g/mol. The van der Waals surface area contributed by atoms with Gasteiger partial charge < -0.3 is 19.6 Å². The Morgan fingerprint density at radius 1 is 1.25 bits per heavy atom. The second-order valence-electron chi connectivity index (χ2n) is 5.87. The Kier molecular flexibility index (Phi) is 5.26. The van der Waals surface area contributed by atoms with Crippen LogP contribution in [0.4, 0.5) is 9.59 Å². The van der Waals surface area contributed by atoms with Crippen LogP contribution in [-0.2, 0) is 4.74 Å². The van der Waals surface area contributed by atoms with Gasteiger partial charge in [-0.1, -0.05) is 5.92 Å². The normalized spacial score (nSPS) is 17.9. The zero-order chi connectivity index (χ0) is 15.3. The van der Waals surface area contributed by atoms with Crippen molar-refractivity contribution >= 4 is 12.2 Å². The molecule has 2 rings (SSSR count). The van der Waals surface area contributed by atoms with Crippen LogP contribution in [0.1, 0.15) is 27.2 Å². The highest BCUT2D eigenvalue weighted by Crippen LogP contribution is 2.18. The van der Waals surface area contributed by atoms with Gasteiger partial charge in [0.2, 0.25) is 0 Å². The Labute approximate surface area is 119 Å². The minimum Gasteiger partial charge on any atom is -0.465 e. The van der Waals surface area contributed by atoms with Crippen LogP contribution in [0.2, 0.25) is 0 Å². The summed E-state index contributed by atoms with van der Waals surface area (Å²) in [6.07, 6.45) is 5.18. The molecule has 0 spiro atoms. The Morgan fingerprint density at radius 2 is 1.80 bits per heavy atom. The smallest absolute Gasteiger partial charge is 0.410 e. The van der Waals surface area contributed by atoms with Crippen molar-refractivity contribution in [2.45, 2.75) is 32.8 Å². The van der Waals surface area contributed by atoms with Crippen LogP contribution in [0.3, 0.4) is 0 Å². The zero-order valence-corrected chi connectivity index (χ0v) is 12.3. The highest BCUT2D eigenvalue weighted by molar-refractivity contribution is 5.69. The third-order valence-electron chi connectivity index (χ3n) is 2.90. The molecule has 0 unspecified atom stereocenters. The van der Waals surface area contributed by atoms with E-state index in [4.69, 9.17) is 16.3 Å². The van der Waals surface area contributed by atoms with Gasteiger partial charge in [-0.15, -0.1) is 6.42 Å². The molecule has 1 N–H and O–H groups in total. The van der Waals surface area contributed by atoms with Gasteiger partial charge in [0.05, 0.1) is 5.92 Å². The monoisotopic (exact) mass is 282 g/mol. The van der Waals surface area contributed by atoms with Gasteiger partial charge in [0, 0.05) is 26.2 Å². The molecule has 2 aliphatic rings. The lowest BCUT2D eigenvalue weighted by molar-refractivity contribution is 0.00593. The topological polar surface area (TPSA) is 70.1 Å². The summed E-state index contributed by atoms with van der Waals surface area (Å²) in [5.74, 6) is 2.81. The van der Waals surface area contributed by atoms with Crippen LogP contribution in [0.5, 0.6) is 0 Å². The first kappa shape index (κ1) is 16.2. The largest absolute Gasteiger partial charge is 0.465 e. The molecule has 112 valence electrons. The van der Waals surface area contributed by atoms with Gasteiger partial charge in [-0.25, -0.2) is 9.59 Å². The molecular formula is C14H22N2O4. The molecule has 2 amide bonds. The summed E-state index contributed by atoms with van der Waals surface area (Å²) in [5.41, 5.74) is -0.418. The molecule has 0 aromatic carbocycles. The number of carbonyl (C=O) groups is 2. The molecule has 0 bridgehead atoms. The minimum absolute atomic E-state index is 0.215. The Bertz CT molecular complexity index is 398. The summed E-state index contributed by atoms with van der Waals surface area (Å²) in [7, 11) is 0. The minimum atomic E-state index is -0.786. The molecule has 0 saturated carbocycles. The molecule has 6 nitrogen and oxygen atoms in total. The van der Waals surface area contributed by atoms with E-state index in [9.17, 15) is 9.59 Å². The second-order valence-corrected chi connectivity index (χ2v) is 5.87. The Balaban J connectivity index is 0.000000240. The number of hydrogen-bond donors (Lipinski definition) is 1. The van der Waals surface area contributed by atoms with Gasteiger partial charge in [0.15, 0.2) is 0 Å². The molecule has 2 aliphatic heterocycles. The van der Waals surface area contributed by atoms with Crippen LogP contribution in [0.25, 0.3) is 0 Å². The predicted octanol–water partition coefficient (Wildman–Crippen LogP) is 1.86. The number of nitrogens with zero attached hydrogens (tertiary/aromatic N) is 2. The van der Waals surface area contributed by atoms with E-state index in [1.165, 1.54) is 4.90 Å². The lowest BCUT2D eigenvalue weighted by atomic mass is 10.0. The van der Waals surface area contributed by atoms with E-state index in [1.54, 1.807) is 4.90 Å². The van der Waals surface area contributed by atoms with Crippen molar-refractivity contribution < 1.29 is 19.4 Å². The molecule has 0 atom stereocenters. The molecule has 0 radical (unpaired) electrons. The van der Waals surface area contributed by atoms with Crippen LogP contribution >= 0.6 is 0 Å². The maximum atomic E-state index is 11.3. The Hall–Kier alpha value is -1.90. The first-order valence-corrected chi connectivity index (χ1v) is 6.65. The van der Waals surface area contributed by atoms with E-state index >= 15 is 0 Å². The average molecular weight is 282 g/mol. The fourth-order valence-corrected chi connectivity index (χ4v) is 1.57. The standard InChI is InChI=1S/C10H15NO2.C4H7NO2/c1-5-8-6-11(7-8)9(12)13-10(2,3)4;6-4(7)5-2-1-3-5/h1,8H,6-7H2,2-4H3;1-3H2,(H,6,7). The van der Waals surface area contributed by atoms with Crippen molar-refractivity contribution in [1.82, 2.24) is 9.80 Å². The molecule has 0 aliphatic carbocycles. The van der Waals surface area contributed by atoms with Crippen LogP contribution in [0, 0.1) is 18.3 Å². The van der Waals surface area contributed by atoms with Crippen molar-refractivity contribution in [2.75, 3.05) is 26.2 Å². The van der Waals surface area contributed by atoms with Crippen molar-refractivity contribution in [2.24, 2.45) is 5.92 Å². The third-order valence-corrected chi connectivity index (χ3v) is 2.90. The summed E-state index contributed by atoms with van der Waals surface area (Å²) in [6.45, 7) is 8.28. The lowest BCUT2D eigenvalue weighted by Crippen LogP contribution is -2.51. The summed E-state index contributed by atoms with van der Waals surface area (Å²) in [4.78, 5) is 24.3. The van der Waals surface area contributed by atoms with Crippen molar-refractivity contribution in [3.8, 4) is 12.3 Å². The van der Waals surface area contributed by atoms with E-state index in [0.29, 0.717) is 13.1 Å². The third kappa shape index (κ3) is 5.00. The number of amides is 2. The summed E-state index contributed by atoms with van der Waals surface area (Å²) < 4.78 is 5.15. The SMILES string of the molecule is C#CC1CN(C(=O)OC(C)(C)C)C1.O=C(O)N1CCC1. The molecule has 0 aromatic heterocycles. The fourth-order valence-electron chi connectivity index (χ4n) is 1.57.